The summed E-state index contributed by atoms with van der Waals surface area (Å²) in [7, 11) is -3.97. The number of hydrogen-bond donors (Lipinski definition) is 0. The van der Waals surface area contributed by atoms with Gasteiger partial charge in [0.2, 0.25) is 0 Å². The largest absolute Gasteiger partial charge is 0.272 e. The van der Waals surface area contributed by atoms with Crippen LogP contribution in [0, 0.1) is 12.8 Å². The summed E-state index contributed by atoms with van der Waals surface area (Å²) in [6.07, 6.45) is 2.83. The van der Waals surface area contributed by atoms with E-state index in [0.717, 1.165) is 29.1 Å². The molecule has 1 aromatic rings. The maximum Gasteiger partial charge on any atom is 0.266 e. The first-order valence-electron chi connectivity index (χ1n) is 8.69. The van der Waals surface area contributed by atoms with E-state index in [1.165, 1.54) is 12.1 Å². The van der Waals surface area contributed by atoms with Crippen molar-refractivity contribution in [2.75, 3.05) is 12.4 Å². The zero-order valence-electron chi connectivity index (χ0n) is 14.9. The van der Waals surface area contributed by atoms with E-state index < -0.39 is 26.7 Å². The Hall–Kier alpha value is -0.490. The minimum absolute atomic E-state index is 0.0283. The molecular formula is C18H24Cl3NO3S. The molecule has 2 rings (SSSR count). The smallest absolute Gasteiger partial charge is 0.266 e. The Morgan fingerprint density at radius 3 is 2.46 bits per heavy atom. The number of carbonyl (C=O) groups excluding carboxylic acids is 1. The molecule has 3 atom stereocenters. The molecule has 1 fully saturated rings. The summed E-state index contributed by atoms with van der Waals surface area (Å²) in [5.74, 6) is -1.03. The quantitative estimate of drug-likeness (QED) is 0.557. The first kappa shape index (κ1) is 21.8. The number of halogens is 3. The maximum absolute atomic E-state index is 13.0. The molecule has 0 N–H and O–H groups in total. The van der Waals surface area contributed by atoms with Crippen LogP contribution in [0.3, 0.4) is 0 Å². The van der Waals surface area contributed by atoms with Crippen LogP contribution >= 0.6 is 34.8 Å². The second-order valence-electron chi connectivity index (χ2n) is 6.81. The van der Waals surface area contributed by atoms with Gasteiger partial charge in [-0.1, -0.05) is 37.5 Å². The minimum Gasteiger partial charge on any atom is -0.272 e. The highest BCUT2D eigenvalue weighted by Crippen LogP contribution is 2.43. The number of hydrogen-bond acceptors (Lipinski definition) is 3. The molecule has 0 saturated carbocycles. The van der Waals surface area contributed by atoms with E-state index in [2.05, 4.69) is 6.92 Å². The van der Waals surface area contributed by atoms with Crippen molar-refractivity contribution < 1.29 is 13.2 Å². The standard InChI is InChI=1S/C18H24Cl3NO3S/c1-3-4-5-15(20)10-18(21)14(11-19)12-22(17(18)23)26(24,25)16-8-6-13(2)7-9-16/h6-9,14-15H,3-5,10-12H2,1-2H3/t14-,15?,18-/m0/s1. The van der Waals surface area contributed by atoms with E-state index in [0.29, 0.717) is 0 Å². The van der Waals surface area contributed by atoms with Crippen LogP contribution in [-0.4, -0.2) is 41.3 Å². The van der Waals surface area contributed by atoms with Gasteiger partial charge in [0, 0.05) is 23.7 Å². The van der Waals surface area contributed by atoms with Gasteiger partial charge in [0.1, 0.15) is 4.87 Å². The van der Waals surface area contributed by atoms with Gasteiger partial charge >= 0.3 is 0 Å². The minimum atomic E-state index is -3.97. The lowest BCUT2D eigenvalue weighted by molar-refractivity contribution is -0.126. The Kier molecular flexibility index (Phi) is 7.28. The Morgan fingerprint density at radius 1 is 1.31 bits per heavy atom. The summed E-state index contributed by atoms with van der Waals surface area (Å²) in [5, 5.41) is -0.302. The van der Waals surface area contributed by atoms with E-state index in [-0.39, 0.29) is 29.1 Å². The second-order valence-corrected chi connectivity index (χ2v) is 10.3. The molecule has 4 nitrogen and oxygen atoms in total. The molecule has 1 unspecified atom stereocenters. The van der Waals surface area contributed by atoms with Crippen molar-refractivity contribution in [1.82, 2.24) is 4.31 Å². The van der Waals surface area contributed by atoms with Gasteiger partial charge in [0.05, 0.1) is 4.90 Å². The highest BCUT2D eigenvalue weighted by Gasteiger charge is 2.56. The number of rotatable bonds is 8. The molecule has 0 bridgehead atoms. The predicted molar refractivity (Wildman–Crippen MR) is 107 cm³/mol. The zero-order valence-corrected chi connectivity index (χ0v) is 18.0. The summed E-state index contributed by atoms with van der Waals surface area (Å²) >= 11 is 19.0. The molecular weight excluding hydrogens is 417 g/mol. The van der Waals surface area contributed by atoms with Gasteiger partial charge in [-0.15, -0.1) is 34.8 Å². The molecule has 0 radical (unpaired) electrons. The average Bonchev–Trinajstić information content (AvgIpc) is 2.85. The number of aryl methyl sites for hydroxylation is 1. The van der Waals surface area contributed by atoms with Crippen molar-refractivity contribution in [1.29, 1.82) is 0 Å². The lowest BCUT2D eigenvalue weighted by atomic mass is 9.90. The van der Waals surface area contributed by atoms with Crippen LogP contribution in [0.1, 0.15) is 38.2 Å². The molecule has 1 amide bonds. The van der Waals surface area contributed by atoms with Gasteiger partial charge < -0.3 is 0 Å². The van der Waals surface area contributed by atoms with E-state index in [4.69, 9.17) is 34.8 Å². The molecule has 1 saturated heterocycles. The van der Waals surface area contributed by atoms with Gasteiger partial charge in [-0.3, -0.25) is 4.79 Å². The number of amides is 1. The molecule has 26 heavy (non-hydrogen) atoms. The van der Waals surface area contributed by atoms with Crippen molar-refractivity contribution in [3.63, 3.8) is 0 Å². The third-order valence-corrected chi connectivity index (χ3v) is 7.93. The number of alkyl halides is 3. The Labute approximate surface area is 170 Å². The fourth-order valence-corrected chi connectivity index (χ4v) is 6.02. The topological polar surface area (TPSA) is 54.5 Å². The second kappa shape index (κ2) is 8.68. The third kappa shape index (κ3) is 4.32. The Morgan fingerprint density at radius 2 is 1.92 bits per heavy atom. The van der Waals surface area contributed by atoms with Gasteiger partial charge in [0.25, 0.3) is 15.9 Å². The monoisotopic (exact) mass is 439 g/mol. The van der Waals surface area contributed by atoms with Crippen LogP contribution in [-0.2, 0) is 14.8 Å². The normalized spacial score (nSPS) is 24.9. The number of unbranched alkanes of at least 4 members (excludes halogenated alkanes) is 1. The van der Waals surface area contributed by atoms with E-state index in [1.54, 1.807) is 12.1 Å². The fraction of sp³-hybridized carbons (Fsp3) is 0.611. The molecule has 1 aliphatic rings. The molecule has 146 valence electrons. The number of benzene rings is 1. The van der Waals surface area contributed by atoms with Crippen molar-refractivity contribution >= 4 is 50.7 Å². The SMILES string of the molecule is CCCCC(Cl)C[C@@]1(Cl)C(=O)N(S(=O)(=O)c2ccc(C)cc2)C[C@@H]1CCl. The van der Waals surface area contributed by atoms with Crippen molar-refractivity contribution in [3.05, 3.63) is 29.8 Å². The Balaban J connectivity index is 2.29. The summed E-state index contributed by atoms with van der Waals surface area (Å²) in [6.45, 7) is 3.89. The van der Waals surface area contributed by atoms with Crippen molar-refractivity contribution in [3.8, 4) is 0 Å². The zero-order chi connectivity index (χ0) is 19.5. The average molecular weight is 441 g/mol. The number of sulfonamides is 1. The molecule has 1 aromatic carbocycles. The molecule has 0 spiro atoms. The van der Waals surface area contributed by atoms with E-state index >= 15 is 0 Å². The summed E-state index contributed by atoms with van der Waals surface area (Å²) in [6, 6.07) is 6.38. The summed E-state index contributed by atoms with van der Waals surface area (Å²) in [5.41, 5.74) is 0.933. The number of carbonyl (C=O) groups is 1. The highest BCUT2D eigenvalue weighted by atomic mass is 35.5. The van der Waals surface area contributed by atoms with Crippen LogP contribution < -0.4 is 0 Å². The lowest BCUT2D eigenvalue weighted by Gasteiger charge is -2.27. The highest BCUT2D eigenvalue weighted by molar-refractivity contribution is 7.89. The summed E-state index contributed by atoms with van der Waals surface area (Å²) in [4.78, 5) is 11.7. The maximum atomic E-state index is 13.0. The molecule has 1 aliphatic heterocycles. The molecule has 1 heterocycles. The van der Waals surface area contributed by atoms with E-state index in [9.17, 15) is 13.2 Å². The first-order chi connectivity index (χ1) is 12.2. The van der Waals surface area contributed by atoms with Gasteiger partial charge in [-0.2, -0.15) is 0 Å². The third-order valence-electron chi connectivity index (χ3n) is 4.80. The van der Waals surface area contributed by atoms with Gasteiger partial charge in [0.15, 0.2) is 0 Å². The number of nitrogens with zero attached hydrogens (tertiary/aromatic N) is 1. The van der Waals surface area contributed by atoms with E-state index in [1.807, 2.05) is 6.92 Å². The van der Waals surface area contributed by atoms with Crippen LogP contribution in [0.4, 0.5) is 0 Å². The summed E-state index contributed by atoms with van der Waals surface area (Å²) < 4.78 is 26.7. The predicted octanol–water partition coefficient (Wildman–Crippen LogP) is 4.55. The fourth-order valence-electron chi connectivity index (χ4n) is 3.13. The molecule has 8 heteroatoms. The van der Waals surface area contributed by atoms with Crippen molar-refractivity contribution in [2.45, 2.75) is 54.7 Å². The van der Waals surface area contributed by atoms with Gasteiger partial charge in [-0.25, -0.2) is 12.7 Å². The lowest BCUT2D eigenvalue weighted by Crippen LogP contribution is -2.42. The van der Waals surface area contributed by atoms with Crippen LogP contribution in [0.2, 0.25) is 0 Å². The Bertz CT molecular complexity index is 739. The molecule has 0 aromatic heterocycles. The van der Waals surface area contributed by atoms with Crippen LogP contribution in [0.5, 0.6) is 0 Å². The van der Waals surface area contributed by atoms with Crippen LogP contribution in [0.25, 0.3) is 0 Å². The van der Waals surface area contributed by atoms with Crippen molar-refractivity contribution in [2.24, 2.45) is 5.92 Å². The van der Waals surface area contributed by atoms with Crippen LogP contribution in [0.15, 0.2) is 29.2 Å². The van der Waals surface area contributed by atoms with Gasteiger partial charge in [-0.05, 0) is 31.9 Å². The molecule has 0 aliphatic carbocycles. The first-order valence-corrected chi connectivity index (χ1v) is 11.5.